The number of rotatable bonds is 11. The maximum absolute atomic E-state index is 13.2. The molecule has 0 spiro atoms. The summed E-state index contributed by atoms with van der Waals surface area (Å²) in [5.41, 5.74) is -1.49. The van der Waals surface area contributed by atoms with Crippen molar-refractivity contribution < 1.29 is 72.4 Å². The Hall–Kier alpha value is -2.80. The predicted octanol–water partition coefficient (Wildman–Crippen LogP) is 2.38. The highest BCUT2D eigenvalue weighted by molar-refractivity contribution is 5.72. The van der Waals surface area contributed by atoms with Gasteiger partial charge in [0.15, 0.2) is 18.7 Å². The number of esters is 3. The van der Waals surface area contributed by atoms with Gasteiger partial charge in [-0.05, 0) is 60.0 Å². The van der Waals surface area contributed by atoms with Crippen LogP contribution in [0.3, 0.4) is 0 Å². The Bertz CT molecular complexity index is 1340. The van der Waals surface area contributed by atoms with Gasteiger partial charge in [-0.3, -0.25) is 14.4 Å². The third kappa shape index (κ3) is 13.1. The van der Waals surface area contributed by atoms with Crippen molar-refractivity contribution in [2.24, 2.45) is 11.8 Å². The number of methoxy groups -OCH3 is 1. The van der Waals surface area contributed by atoms with E-state index in [1.807, 2.05) is 6.92 Å². The standard InChI is InChI=1S/C40H65NO15/c1-11-30(45)54-38-25(5)51-32(21-40(38,7)48)55-35-24(4)52-39(34(47)33(35)41(8)9)56-36-27(17-18-42)19-22(2)28(44)16-14-12-13-15-23(3)50-31(46)20-29(37(36)49-10)53-26(6)43/h12-14,16,18,22-25,27-29,32-39,44,47-48H,11,15,17,19-21H2,1-10H3/b13-12-,16-14+/t22-,23-,24-,25+,27+,28+,29-,32+,33-,34-,35-,36+,37-,38+,39+,40-/m1/s1. The van der Waals surface area contributed by atoms with Crippen LogP contribution in [0.25, 0.3) is 0 Å². The number of ether oxygens (including phenoxy) is 8. The maximum Gasteiger partial charge on any atom is 0.309 e. The lowest BCUT2D eigenvalue weighted by Crippen LogP contribution is -2.66. The summed E-state index contributed by atoms with van der Waals surface area (Å²) in [7, 11) is 4.85. The fraction of sp³-hybridized carbons (Fsp3) is 0.800. The van der Waals surface area contributed by atoms with Gasteiger partial charge in [-0.25, -0.2) is 0 Å². The van der Waals surface area contributed by atoms with Gasteiger partial charge in [0.25, 0.3) is 0 Å². The van der Waals surface area contributed by atoms with E-state index in [-0.39, 0.29) is 25.7 Å². The number of likely N-dealkylation sites (N-methyl/N-ethyl adjacent to an activating group) is 1. The molecular formula is C40H65NO15. The fourth-order valence-electron chi connectivity index (χ4n) is 7.78. The molecule has 16 nitrogen and oxygen atoms in total. The normalized spacial score (nSPS) is 41.6. The molecule has 0 saturated carbocycles. The van der Waals surface area contributed by atoms with E-state index < -0.39 is 121 Å². The van der Waals surface area contributed by atoms with Crippen LogP contribution >= 0.6 is 0 Å². The second-order valence-electron chi connectivity index (χ2n) is 15.7. The Morgan fingerprint density at radius 1 is 1.02 bits per heavy atom. The average molecular weight is 800 g/mol. The zero-order chi connectivity index (χ0) is 41.9. The number of allylic oxidation sites excluding steroid dienone is 2. The van der Waals surface area contributed by atoms with Gasteiger partial charge in [0.05, 0.1) is 36.9 Å². The smallest absolute Gasteiger partial charge is 0.309 e. The summed E-state index contributed by atoms with van der Waals surface area (Å²) in [4.78, 5) is 51.7. The Balaban J connectivity index is 2.00. The lowest BCUT2D eigenvalue weighted by atomic mass is 9.82. The summed E-state index contributed by atoms with van der Waals surface area (Å²) < 4.78 is 48.2. The average Bonchev–Trinajstić information content (AvgIpc) is 3.09. The van der Waals surface area contributed by atoms with Crippen molar-refractivity contribution in [2.45, 2.75) is 172 Å². The number of carbonyl (C=O) groups excluding carboxylic acids is 4. The number of aldehydes is 1. The molecule has 2 fully saturated rings. The van der Waals surface area contributed by atoms with E-state index in [0.29, 0.717) is 12.7 Å². The predicted molar refractivity (Wildman–Crippen MR) is 201 cm³/mol. The summed E-state index contributed by atoms with van der Waals surface area (Å²) in [5.74, 6) is -2.92. The van der Waals surface area contributed by atoms with Crippen LogP contribution in [0.15, 0.2) is 24.3 Å². The summed E-state index contributed by atoms with van der Waals surface area (Å²) in [6.45, 7) is 11.3. The van der Waals surface area contributed by atoms with E-state index >= 15 is 0 Å². The Morgan fingerprint density at radius 2 is 1.71 bits per heavy atom. The van der Waals surface area contributed by atoms with E-state index in [1.54, 1.807) is 77.9 Å². The van der Waals surface area contributed by atoms with E-state index in [0.717, 1.165) is 0 Å². The van der Waals surface area contributed by atoms with Gasteiger partial charge in [-0.15, -0.1) is 0 Å². The quantitative estimate of drug-likeness (QED) is 0.156. The van der Waals surface area contributed by atoms with E-state index in [4.69, 9.17) is 37.9 Å². The number of carbonyl (C=O) groups is 4. The first kappa shape index (κ1) is 47.6. The van der Waals surface area contributed by atoms with E-state index in [9.17, 15) is 34.5 Å². The van der Waals surface area contributed by atoms with Gasteiger partial charge in [-0.1, -0.05) is 38.2 Å². The monoisotopic (exact) mass is 799 g/mol. The van der Waals surface area contributed by atoms with Crippen molar-refractivity contribution >= 4 is 24.2 Å². The van der Waals surface area contributed by atoms with Crippen LogP contribution in [0.1, 0.15) is 87.0 Å². The van der Waals surface area contributed by atoms with Crippen LogP contribution in [0.4, 0.5) is 0 Å². The highest BCUT2D eigenvalue weighted by Crippen LogP contribution is 2.37. The molecule has 320 valence electrons. The number of aliphatic hydroxyl groups excluding tert-OH is 2. The molecule has 0 aromatic heterocycles. The molecule has 0 amide bonds. The summed E-state index contributed by atoms with van der Waals surface area (Å²) in [6, 6.07) is -0.778. The molecule has 2 saturated heterocycles. The molecule has 0 radical (unpaired) electrons. The Morgan fingerprint density at radius 3 is 2.30 bits per heavy atom. The lowest BCUT2D eigenvalue weighted by Gasteiger charge is -2.50. The third-order valence-electron chi connectivity index (χ3n) is 10.6. The molecule has 16 heteroatoms. The largest absolute Gasteiger partial charge is 0.462 e. The molecule has 0 unspecified atom stereocenters. The minimum atomic E-state index is -1.49. The summed E-state index contributed by atoms with van der Waals surface area (Å²) in [5, 5.41) is 34.4. The number of hydrogen-bond donors (Lipinski definition) is 3. The van der Waals surface area contributed by atoms with Gasteiger partial charge in [-0.2, -0.15) is 0 Å². The third-order valence-corrected chi connectivity index (χ3v) is 10.6. The number of hydrogen-bond acceptors (Lipinski definition) is 16. The number of cyclic esters (lactones) is 1. The van der Waals surface area contributed by atoms with Crippen LogP contribution in [0.5, 0.6) is 0 Å². The molecule has 3 aliphatic rings. The highest BCUT2D eigenvalue weighted by atomic mass is 16.7. The Kier molecular flexibility index (Phi) is 18.5. The van der Waals surface area contributed by atoms with Crippen LogP contribution < -0.4 is 0 Å². The van der Waals surface area contributed by atoms with Crippen molar-refractivity contribution in [3.8, 4) is 0 Å². The highest BCUT2D eigenvalue weighted by Gasteiger charge is 2.53. The first-order valence-electron chi connectivity index (χ1n) is 19.6. The molecule has 3 N–H and O–H groups in total. The minimum absolute atomic E-state index is 0.0440. The van der Waals surface area contributed by atoms with Crippen LogP contribution in [0.2, 0.25) is 0 Å². The molecule has 56 heavy (non-hydrogen) atoms. The van der Waals surface area contributed by atoms with Crippen LogP contribution in [-0.2, 0) is 57.1 Å². The topological polar surface area (TPSA) is 206 Å². The van der Waals surface area contributed by atoms with Gasteiger partial charge < -0.3 is 62.9 Å². The van der Waals surface area contributed by atoms with Crippen molar-refractivity contribution in [2.75, 3.05) is 21.2 Å². The molecule has 0 aromatic rings. The molecule has 0 aliphatic carbocycles. The fourth-order valence-corrected chi connectivity index (χ4v) is 7.78. The zero-order valence-corrected chi connectivity index (χ0v) is 34.5. The van der Waals surface area contributed by atoms with Crippen LogP contribution in [-0.4, -0.2) is 151 Å². The van der Waals surface area contributed by atoms with Crippen molar-refractivity contribution in [1.29, 1.82) is 0 Å². The Labute approximate surface area is 330 Å². The summed E-state index contributed by atoms with van der Waals surface area (Å²) >= 11 is 0. The van der Waals surface area contributed by atoms with Gasteiger partial charge in [0.2, 0.25) is 0 Å². The summed E-state index contributed by atoms with van der Waals surface area (Å²) in [6.07, 6.45) is -4.12. The molecule has 16 atom stereocenters. The van der Waals surface area contributed by atoms with Crippen molar-refractivity contribution in [1.82, 2.24) is 4.90 Å². The van der Waals surface area contributed by atoms with E-state index in [2.05, 4.69) is 0 Å². The first-order chi connectivity index (χ1) is 26.3. The number of nitrogens with zero attached hydrogens (tertiary/aromatic N) is 1. The SMILES string of the molecule is CCC(=O)O[C@H]1[C@H](C)O[C@@H](O[C@H]2[C@H](N(C)C)[C@@H](O)[C@H](O[C@H]3[C@@H](CC=O)C[C@@H](C)[C@@H](O)/C=C/C=C\C[C@@H](C)OC(=O)C[C@@H](OC(C)=O)[C@H]3OC)O[C@@H]2C)C[C@@]1(C)O. The van der Waals surface area contributed by atoms with Crippen molar-refractivity contribution in [3.63, 3.8) is 0 Å². The van der Waals surface area contributed by atoms with E-state index in [1.165, 1.54) is 14.0 Å². The van der Waals surface area contributed by atoms with Crippen molar-refractivity contribution in [3.05, 3.63) is 24.3 Å². The lowest BCUT2D eigenvalue weighted by molar-refractivity contribution is -0.344. The maximum atomic E-state index is 13.2. The molecule has 0 bridgehead atoms. The molecular weight excluding hydrogens is 734 g/mol. The molecule has 0 aromatic carbocycles. The molecule has 3 aliphatic heterocycles. The second-order valence-corrected chi connectivity index (χ2v) is 15.7. The molecule has 3 rings (SSSR count). The minimum Gasteiger partial charge on any atom is -0.462 e. The second kappa shape index (κ2) is 21.8. The first-order valence-corrected chi connectivity index (χ1v) is 19.6. The van der Waals surface area contributed by atoms with Gasteiger partial charge in [0.1, 0.15) is 42.4 Å². The van der Waals surface area contributed by atoms with Gasteiger partial charge in [0, 0.05) is 39.7 Å². The molecule has 3 heterocycles. The van der Waals surface area contributed by atoms with Gasteiger partial charge >= 0.3 is 17.9 Å². The van der Waals surface area contributed by atoms with Crippen LogP contribution in [0, 0.1) is 11.8 Å². The number of aliphatic hydroxyl groups is 3. The zero-order valence-electron chi connectivity index (χ0n) is 34.5.